The summed E-state index contributed by atoms with van der Waals surface area (Å²) in [5.41, 5.74) is 2.73. The maximum absolute atomic E-state index is 6.13. The van der Waals surface area contributed by atoms with Crippen molar-refractivity contribution >= 4 is 0 Å². The molecule has 1 aliphatic heterocycles. The summed E-state index contributed by atoms with van der Waals surface area (Å²) in [6.07, 6.45) is 9.39. The summed E-state index contributed by atoms with van der Waals surface area (Å²) in [5.74, 6) is 0. The molecule has 1 aromatic carbocycles. The van der Waals surface area contributed by atoms with Crippen LogP contribution in [0.25, 0.3) is 0 Å². The first-order chi connectivity index (χ1) is 12.2. The minimum atomic E-state index is 0.144. The topological polar surface area (TPSA) is 52.0 Å². The van der Waals surface area contributed by atoms with Gasteiger partial charge in [-0.25, -0.2) is 9.67 Å². The molecule has 1 saturated carbocycles. The van der Waals surface area contributed by atoms with Gasteiger partial charge in [-0.05, 0) is 44.6 Å². The number of nitrogens with one attached hydrogen (secondary N) is 1. The Hall–Kier alpha value is -1.72. The molecule has 5 nitrogen and oxygen atoms in total. The summed E-state index contributed by atoms with van der Waals surface area (Å²) in [6.45, 7) is 5.19. The Morgan fingerprint density at radius 1 is 1.32 bits per heavy atom. The van der Waals surface area contributed by atoms with Gasteiger partial charge in [-0.15, -0.1) is 0 Å². The van der Waals surface area contributed by atoms with E-state index in [2.05, 4.69) is 53.5 Å². The van der Waals surface area contributed by atoms with Gasteiger partial charge in [0.2, 0.25) is 0 Å². The standard InChI is InChI=1S/C20H28N4O/c1-3-18(23-17-11-20(25-12-17)9-4-10-20)19(24-14-21-13-22-24)16-7-5-15(2)6-8-16/h5-8,13-14,17-19,23H,3-4,9-12H2,1-2H3. The van der Waals surface area contributed by atoms with Crippen LogP contribution >= 0.6 is 0 Å². The zero-order valence-electron chi connectivity index (χ0n) is 15.2. The lowest BCUT2D eigenvalue weighted by atomic mass is 9.77. The smallest absolute Gasteiger partial charge is 0.137 e. The summed E-state index contributed by atoms with van der Waals surface area (Å²) in [4.78, 5) is 4.18. The quantitative estimate of drug-likeness (QED) is 0.877. The highest BCUT2D eigenvalue weighted by Crippen LogP contribution is 2.43. The largest absolute Gasteiger partial charge is 0.373 e. The fourth-order valence-corrected chi connectivity index (χ4v) is 4.30. The van der Waals surface area contributed by atoms with Crippen LogP contribution in [0, 0.1) is 6.92 Å². The molecule has 1 aliphatic carbocycles. The van der Waals surface area contributed by atoms with Gasteiger partial charge in [-0.2, -0.15) is 5.10 Å². The number of hydrogen-bond acceptors (Lipinski definition) is 4. The molecule has 1 saturated heterocycles. The van der Waals surface area contributed by atoms with E-state index in [0.717, 1.165) is 19.4 Å². The van der Waals surface area contributed by atoms with Gasteiger partial charge < -0.3 is 10.1 Å². The Kier molecular flexibility index (Phi) is 4.61. The van der Waals surface area contributed by atoms with Crippen LogP contribution in [0.5, 0.6) is 0 Å². The van der Waals surface area contributed by atoms with Crippen LogP contribution in [-0.2, 0) is 4.74 Å². The SMILES string of the molecule is CCC(NC1COC2(CCC2)C1)C(c1ccc(C)cc1)n1cncn1. The van der Waals surface area contributed by atoms with E-state index < -0.39 is 0 Å². The monoisotopic (exact) mass is 340 g/mol. The molecule has 25 heavy (non-hydrogen) atoms. The third kappa shape index (κ3) is 3.35. The highest BCUT2D eigenvalue weighted by atomic mass is 16.5. The van der Waals surface area contributed by atoms with Crippen LogP contribution < -0.4 is 5.32 Å². The summed E-state index contributed by atoms with van der Waals surface area (Å²) in [6, 6.07) is 9.65. The van der Waals surface area contributed by atoms with Crippen LogP contribution in [0.3, 0.4) is 0 Å². The van der Waals surface area contributed by atoms with Crippen molar-refractivity contribution in [2.75, 3.05) is 6.61 Å². The van der Waals surface area contributed by atoms with E-state index in [1.807, 2.05) is 11.0 Å². The summed E-state index contributed by atoms with van der Waals surface area (Å²) >= 11 is 0. The molecule has 2 aromatic rings. The molecule has 0 radical (unpaired) electrons. The summed E-state index contributed by atoms with van der Waals surface area (Å²) < 4.78 is 8.12. The van der Waals surface area contributed by atoms with Gasteiger partial charge in [0.25, 0.3) is 0 Å². The molecule has 5 heteroatoms. The van der Waals surface area contributed by atoms with Crippen molar-refractivity contribution in [1.29, 1.82) is 0 Å². The Morgan fingerprint density at radius 2 is 2.12 bits per heavy atom. The predicted octanol–water partition coefficient (Wildman–Crippen LogP) is 3.26. The van der Waals surface area contributed by atoms with Crippen molar-refractivity contribution < 1.29 is 4.74 Å². The second kappa shape index (κ2) is 6.89. The molecule has 3 unspecified atom stereocenters. The van der Waals surface area contributed by atoms with Crippen LogP contribution in [0.4, 0.5) is 0 Å². The fraction of sp³-hybridized carbons (Fsp3) is 0.600. The molecule has 3 atom stereocenters. The lowest BCUT2D eigenvalue weighted by molar-refractivity contribution is -0.0563. The molecule has 4 rings (SSSR count). The van der Waals surface area contributed by atoms with Gasteiger partial charge in [0, 0.05) is 12.1 Å². The molecule has 1 spiro atoms. The summed E-state index contributed by atoms with van der Waals surface area (Å²) in [7, 11) is 0. The Bertz CT molecular complexity index is 678. The second-order valence-electron chi connectivity index (χ2n) is 7.66. The number of ether oxygens (including phenoxy) is 1. The average Bonchev–Trinajstić information content (AvgIpc) is 3.25. The first-order valence-corrected chi connectivity index (χ1v) is 9.50. The molecular weight excluding hydrogens is 312 g/mol. The second-order valence-corrected chi connectivity index (χ2v) is 7.66. The number of aryl methyl sites for hydroxylation is 1. The fourth-order valence-electron chi connectivity index (χ4n) is 4.30. The number of aromatic nitrogens is 3. The van der Waals surface area contributed by atoms with Gasteiger partial charge in [0.05, 0.1) is 18.2 Å². The zero-order chi connectivity index (χ0) is 17.3. The van der Waals surface area contributed by atoms with Crippen LogP contribution in [-0.4, -0.2) is 39.1 Å². The number of hydrogen-bond donors (Lipinski definition) is 1. The molecule has 2 heterocycles. The maximum Gasteiger partial charge on any atom is 0.137 e. The highest BCUT2D eigenvalue weighted by molar-refractivity contribution is 5.26. The first kappa shape index (κ1) is 16.7. The minimum Gasteiger partial charge on any atom is -0.373 e. The van der Waals surface area contributed by atoms with Crippen molar-refractivity contribution in [3.8, 4) is 0 Å². The molecule has 1 aromatic heterocycles. The van der Waals surface area contributed by atoms with Crippen molar-refractivity contribution in [2.45, 2.75) is 69.7 Å². The van der Waals surface area contributed by atoms with Gasteiger partial charge >= 0.3 is 0 Å². The van der Waals surface area contributed by atoms with Gasteiger partial charge in [0.1, 0.15) is 12.7 Å². The van der Waals surface area contributed by atoms with E-state index in [1.165, 1.54) is 30.4 Å². The first-order valence-electron chi connectivity index (χ1n) is 9.50. The molecule has 2 fully saturated rings. The van der Waals surface area contributed by atoms with E-state index in [1.54, 1.807) is 6.33 Å². The number of benzene rings is 1. The van der Waals surface area contributed by atoms with Crippen molar-refractivity contribution in [1.82, 2.24) is 20.1 Å². The highest BCUT2D eigenvalue weighted by Gasteiger charge is 2.45. The molecule has 134 valence electrons. The van der Waals surface area contributed by atoms with E-state index in [-0.39, 0.29) is 11.6 Å². The normalized spacial score (nSPS) is 24.2. The van der Waals surface area contributed by atoms with Crippen molar-refractivity contribution in [2.24, 2.45) is 0 Å². The van der Waals surface area contributed by atoms with E-state index in [4.69, 9.17) is 4.74 Å². The van der Waals surface area contributed by atoms with Crippen molar-refractivity contribution in [3.05, 3.63) is 48.0 Å². The lowest BCUT2D eigenvalue weighted by Crippen LogP contribution is -2.45. The van der Waals surface area contributed by atoms with E-state index >= 15 is 0 Å². The molecule has 1 N–H and O–H groups in total. The third-order valence-corrected chi connectivity index (χ3v) is 5.89. The van der Waals surface area contributed by atoms with E-state index in [0.29, 0.717) is 12.1 Å². The minimum absolute atomic E-state index is 0.144. The van der Waals surface area contributed by atoms with Crippen LogP contribution in [0.15, 0.2) is 36.9 Å². The van der Waals surface area contributed by atoms with Gasteiger partial charge in [-0.3, -0.25) is 0 Å². The number of nitrogens with zero attached hydrogens (tertiary/aromatic N) is 3. The maximum atomic E-state index is 6.13. The molecule has 2 aliphatic rings. The number of rotatable bonds is 6. The van der Waals surface area contributed by atoms with Gasteiger partial charge in [0.15, 0.2) is 0 Å². The Morgan fingerprint density at radius 3 is 2.68 bits per heavy atom. The third-order valence-electron chi connectivity index (χ3n) is 5.89. The Balaban J connectivity index is 1.55. The van der Waals surface area contributed by atoms with Crippen LogP contribution in [0.2, 0.25) is 0 Å². The van der Waals surface area contributed by atoms with Crippen molar-refractivity contribution in [3.63, 3.8) is 0 Å². The van der Waals surface area contributed by atoms with Gasteiger partial charge in [-0.1, -0.05) is 36.8 Å². The average molecular weight is 340 g/mol. The van der Waals surface area contributed by atoms with Crippen LogP contribution in [0.1, 0.15) is 56.2 Å². The summed E-state index contributed by atoms with van der Waals surface area (Å²) in [5, 5.41) is 8.33. The predicted molar refractivity (Wildman–Crippen MR) is 97.5 cm³/mol. The molecule has 0 bridgehead atoms. The zero-order valence-corrected chi connectivity index (χ0v) is 15.2. The Labute approximate surface area is 149 Å². The van der Waals surface area contributed by atoms with E-state index in [9.17, 15) is 0 Å². The molecular formula is C20H28N4O. The molecule has 0 amide bonds. The lowest BCUT2D eigenvalue weighted by Gasteiger charge is -2.37.